The zero-order chi connectivity index (χ0) is 14.5. The third-order valence-electron chi connectivity index (χ3n) is 2.68. The van der Waals surface area contributed by atoms with Gasteiger partial charge in [-0.15, -0.1) is 0 Å². The van der Waals surface area contributed by atoms with Crippen molar-refractivity contribution in [1.82, 2.24) is 20.5 Å². The Morgan fingerprint density at radius 3 is 2.80 bits per heavy atom. The molecule has 0 aliphatic carbocycles. The van der Waals surface area contributed by atoms with Gasteiger partial charge in [-0.2, -0.15) is 5.10 Å². The quantitative estimate of drug-likeness (QED) is 0.780. The van der Waals surface area contributed by atoms with Crippen LogP contribution in [0.25, 0.3) is 0 Å². The van der Waals surface area contributed by atoms with Crippen molar-refractivity contribution in [2.45, 2.75) is 19.9 Å². The van der Waals surface area contributed by atoms with Gasteiger partial charge in [0.1, 0.15) is 6.33 Å². The number of nitrogens with one attached hydrogen (secondary N) is 3. The van der Waals surface area contributed by atoms with E-state index in [1.165, 1.54) is 13.3 Å². The van der Waals surface area contributed by atoms with Crippen LogP contribution >= 0.6 is 0 Å². The first-order chi connectivity index (χ1) is 9.56. The summed E-state index contributed by atoms with van der Waals surface area (Å²) in [6.07, 6.45) is 1.27. The van der Waals surface area contributed by atoms with E-state index >= 15 is 0 Å². The molecule has 0 spiro atoms. The maximum absolute atomic E-state index is 11.8. The SMILES string of the molecule is CC(=O)Nc1cccc(C(C)NC(=O)c2ncn[nH]2)c1. The summed E-state index contributed by atoms with van der Waals surface area (Å²) in [4.78, 5) is 26.6. The van der Waals surface area contributed by atoms with E-state index in [1.807, 2.05) is 25.1 Å². The van der Waals surface area contributed by atoms with Crippen LogP contribution in [-0.2, 0) is 4.79 Å². The summed E-state index contributed by atoms with van der Waals surface area (Å²) < 4.78 is 0. The molecule has 1 heterocycles. The van der Waals surface area contributed by atoms with Gasteiger partial charge in [-0.3, -0.25) is 14.7 Å². The molecule has 0 saturated carbocycles. The van der Waals surface area contributed by atoms with E-state index < -0.39 is 0 Å². The molecule has 3 N–H and O–H groups in total. The molecule has 20 heavy (non-hydrogen) atoms. The highest BCUT2D eigenvalue weighted by atomic mass is 16.2. The molecule has 7 nitrogen and oxygen atoms in total. The van der Waals surface area contributed by atoms with Gasteiger partial charge in [0.15, 0.2) is 0 Å². The molecule has 104 valence electrons. The summed E-state index contributed by atoms with van der Waals surface area (Å²) in [5.74, 6) is -0.310. The maximum atomic E-state index is 11.8. The Balaban J connectivity index is 2.07. The summed E-state index contributed by atoms with van der Waals surface area (Å²) in [6.45, 7) is 3.29. The van der Waals surface area contributed by atoms with Crippen LogP contribution in [0.1, 0.15) is 36.1 Å². The van der Waals surface area contributed by atoms with Crippen LogP contribution in [-0.4, -0.2) is 27.0 Å². The third kappa shape index (κ3) is 3.41. The lowest BCUT2D eigenvalue weighted by Crippen LogP contribution is -2.27. The summed E-state index contributed by atoms with van der Waals surface area (Å²) in [5, 5.41) is 11.6. The molecule has 2 rings (SSSR count). The van der Waals surface area contributed by atoms with Crippen LogP contribution in [0.15, 0.2) is 30.6 Å². The van der Waals surface area contributed by atoms with Crippen LogP contribution < -0.4 is 10.6 Å². The molecule has 0 fully saturated rings. The summed E-state index contributed by atoms with van der Waals surface area (Å²) in [7, 11) is 0. The largest absolute Gasteiger partial charge is 0.343 e. The summed E-state index contributed by atoms with van der Waals surface area (Å²) >= 11 is 0. The van der Waals surface area contributed by atoms with Gasteiger partial charge in [-0.25, -0.2) is 4.98 Å². The van der Waals surface area contributed by atoms with E-state index in [-0.39, 0.29) is 23.7 Å². The fourth-order valence-electron chi connectivity index (χ4n) is 1.75. The smallest absolute Gasteiger partial charge is 0.289 e. The van der Waals surface area contributed by atoms with Gasteiger partial charge in [0.2, 0.25) is 11.7 Å². The van der Waals surface area contributed by atoms with Crippen molar-refractivity contribution in [2.24, 2.45) is 0 Å². The van der Waals surface area contributed by atoms with E-state index in [2.05, 4.69) is 25.8 Å². The second-order valence-electron chi connectivity index (χ2n) is 4.34. The Morgan fingerprint density at radius 1 is 1.35 bits per heavy atom. The predicted octanol–water partition coefficient (Wildman–Crippen LogP) is 1.25. The molecular formula is C13H15N5O2. The van der Waals surface area contributed by atoms with E-state index in [9.17, 15) is 9.59 Å². The second-order valence-corrected chi connectivity index (χ2v) is 4.34. The zero-order valence-electron chi connectivity index (χ0n) is 11.2. The molecule has 1 aromatic carbocycles. The van der Waals surface area contributed by atoms with E-state index in [0.717, 1.165) is 5.56 Å². The summed E-state index contributed by atoms with van der Waals surface area (Å²) in [5.41, 5.74) is 1.57. The molecule has 1 atom stereocenters. The van der Waals surface area contributed by atoms with Gasteiger partial charge < -0.3 is 10.6 Å². The fourth-order valence-corrected chi connectivity index (χ4v) is 1.75. The molecule has 7 heteroatoms. The van der Waals surface area contributed by atoms with Crippen molar-refractivity contribution >= 4 is 17.5 Å². The molecule has 2 amide bonds. The second kappa shape index (κ2) is 5.96. The van der Waals surface area contributed by atoms with Crippen LogP contribution in [0.5, 0.6) is 0 Å². The van der Waals surface area contributed by atoms with Crippen molar-refractivity contribution in [1.29, 1.82) is 0 Å². The molecule has 0 aliphatic heterocycles. The monoisotopic (exact) mass is 273 g/mol. The number of aromatic amines is 1. The highest BCUT2D eigenvalue weighted by Gasteiger charge is 2.13. The predicted molar refractivity (Wildman–Crippen MR) is 73.0 cm³/mol. The molecular weight excluding hydrogens is 258 g/mol. The average molecular weight is 273 g/mol. The Bertz CT molecular complexity index is 609. The minimum Gasteiger partial charge on any atom is -0.343 e. The number of anilines is 1. The van der Waals surface area contributed by atoms with Crippen molar-refractivity contribution < 1.29 is 9.59 Å². The lowest BCUT2D eigenvalue weighted by molar-refractivity contribution is -0.114. The lowest BCUT2D eigenvalue weighted by atomic mass is 10.1. The molecule has 1 unspecified atom stereocenters. The van der Waals surface area contributed by atoms with Crippen LogP contribution in [0, 0.1) is 0 Å². The van der Waals surface area contributed by atoms with Crippen LogP contribution in [0.3, 0.4) is 0 Å². The Kier molecular flexibility index (Phi) is 4.09. The number of aromatic nitrogens is 3. The number of carbonyl (C=O) groups is 2. The number of benzene rings is 1. The molecule has 1 aromatic heterocycles. The molecule has 0 aliphatic rings. The maximum Gasteiger partial charge on any atom is 0.289 e. The Labute approximate surface area is 115 Å². The first-order valence-electron chi connectivity index (χ1n) is 6.10. The minimum atomic E-state index is -0.333. The van der Waals surface area contributed by atoms with Crippen LogP contribution in [0.4, 0.5) is 5.69 Å². The third-order valence-corrected chi connectivity index (χ3v) is 2.68. The lowest BCUT2D eigenvalue weighted by Gasteiger charge is -2.14. The van der Waals surface area contributed by atoms with Crippen LogP contribution in [0.2, 0.25) is 0 Å². The summed E-state index contributed by atoms with van der Waals surface area (Å²) in [6, 6.07) is 7.07. The number of hydrogen-bond donors (Lipinski definition) is 3. The number of nitrogens with zero attached hydrogens (tertiary/aromatic N) is 2. The first-order valence-corrected chi connectivity index (χ1v) is 6.10. The molecule has 0 bridgehead atoms. The Morgan fingerprint density at radius 2 is 2.15 bits per heavy atom. The first kappa shape index (κ1) is 13.7. The number of H-pyrrole nitrogens is 1. The number of carbonyl (C=O) groups excluding carboxylic acids is 2. The molecule has 2 aromatic rings. The normalized spacial score (nSPS) is 11.7. The van der Waals surface area contributed by atoms with Gasteiger partial charge >= 0.3 is 0 Å². The zero-order valence-corrected chi connectivity index (χ0v) is 11.2. The van der Waals surface area contributed by atoms with E-state index in [1.54, 1.807) is 6.07 Å². The number of hydrogen-bond acceptors (Lipinski definition) is 4. The van der Waals surface area contributed by atoms with Gasteiger partial charge in [0, 0.05) is 12.6 Å². The highest BCUT2D eigenvalue weighted by Crippen LogP contribution is 2.17. The highest BCUT2D eigenvalue weighted by molar-refractivity contribution is 5.90. The number of amides is 2. The van der Waals surface area contributed by atoms with Crippen molar-refractivity contribution in [3.8, 4) is 0 Å². The van der Waals surface area contributed by atoms with Gasteiger partial charge in [-0.1, -0.05) is 12.1 Å². The van der Waals surface area contributed by atoms with E-state index in [4.69, 9.17) is 0 Å². The molecule has 0 saturated heterocycles. The average Bonchev–Trinajstić information content (AvgIpc) is 2.92. The van der Waals surface area contributed by atoms with Crippen molar-refractivity contribution in [2.75, 3.05) is 5.32 Å². The van der Waals surface area contributed by atoms with Crippen molar-refractivity contribution in [3.05, 3.63) is 42.0 Å². The van der Waals surface area contributed by atoms with Gasteiger partial charge in [0.25, 0.3) is 5.91 Å². The number of rotatable bonds is 4. The van der Waals surface area contributed by atoms with Gasteiger partial charge in [0.05, 0.1) is 6.04 Å². The fraction of sp³-hybridized carbons (Fsp3) is 0.231. The minimum absolute atomic E-state index is 0.138. The van der Waals surface area contributed by atoms with E-state index in [0.29, 0.717) is 5.69 Å². The van der Waals surface area contributed by atoms with Gasteiger partial charge in [-0.05, 0) is 24.6 Å². The topological polar surface area (TPSA) is 99.8 Å². The Hall–Kier alpha value is -2.70. The van der Waals surface area contributed by atoms with Crippen molar-refractivity contribution in [3.63, 3.8) is 0 Å². The molecule has 0 radical (unpaired) electrons. The standard InChI is InChI=1S/C13H15N5O2/c1-8(16-13(20)12-14-7-15-18-12)10-4-3-5-11(6-10)17-9(2)19/h3-8H,1-2H3,(H,16,20)(H,17,19)(H,14,15,18).